The van der Waals surface area contributed by atoms with Crippen LogP contribution in [-0.2, 0) is 9.84 Å². The van der Waals surface area contributed by atoms with Crippen molar-refractivity contribution in [2.24, 2.45) is 4.99 Å². The van der Waals surface area contributed by atoms with Crippen LogP contribution in [0.15, 0.2) is 75.4 Å². The second-order valence-electron chi connectivity index (χ2n) is 6.11. The zero-order valence-corrected chi connectivity index (χ0v) is 20.1. The summed E-state index contributed by atoms with van der Waals surface area (Å²) in [4.78, 5) is 5.81. The maximum absolute atomic E-state index is 12.3. The van der Waals surface area contributed by atoms with Gasteiger partial charge in [0.15, 0.2) is 15.8 Å². The Morgan fingerprint density at radius 2 is 1.64 bits per heavy atom. The minimum absolute atomic E-state index is 0. The summed E-state index contributed by atoms with van der Waals surface area (Å²) in [6.45, 7) is 3.47. The van der Waals surface area contributed by atoms with E-state index >= 15 is 0 Å². The largest absolute Gasteiger partial charge is 0.356 e. The fourth-order valence-corrected chi connectivity index (χ4v) is 4.73. The van der Waals surface area contributed by atoms with Crippen molar-refractivity contribution in [3.05, 3.63) is 60.7 Å². The molecule has 0 saturated carbocycles. The monoisotopic (exact) mass is 533 g/mol. The van der Waals surface area contributed by atoms with Gasteiger partial charge in [0.1, 0.15) is 0 Å². The van der Waals surface area contributed by atoms with E-state index in [4.69, 9.17) is 0 Å². The third kappa shape index (κ3) is 8.83. The van der Waals surface area contributed by atoms with E-state index in [1.165, 1.54) is 4.90 Å². The zero-order chi connectivity index (χ0) is 19.5. The third-order valence-corrected chi connectivity index (χ3v) is 6.78. The smallest absolute Gasteiger partial charge is 0.191 e. The Hall–Kier alpha value is -1.26. The maximum Gasteiger partial charge on any atom is 0.191 e. The molecule has 0 aliphatic carbocycles. The quantitative estimate of drug-likeness (QED) is 0.169. The fourth-order valence-electron chi connectivity index (χ4n) is 2.45. The Kier molecular flexibility index (Phi) is 11.6. The van der Waals surface area contributed by atoms with Gasteiger partial charge in [0.05, 0.1) is 10.6 Å². The number of benzene rings is 2. The molecule has 2 rings (SSSR count). The molecule has 0 bridgehead atoms. The number of nitrogens with one attached hydrogen (secondary N) is 2. The van der Waals surface area contributed by atoms with E-state index in [-0.39, 0.29) is 29.7 Å². The maximum atomic E-state index is 12.3. The molecule has 0 aromatic heterocycles. The number of guanidine groups is 1. The van der Waals surface area contributed by atoms with Crippen molar-refractivity contribution in [2.75, 3.05) is 25.9 Å². The summed E-state index contributed by atoms with van der Waals surface area (Å²) in [5, 5.41) is 6.84. The van der Waals surface area contributed by atoms with Crippen LogP contribution in [0.25, 0.3) is 0 Å². The first-order valence-corrected chi connectivity index (χ1v) is 11.5. The van der Waals surface area contributed by atoms with Crippen molar-refractivity contribution in [3.63, 3.8) is 0 Å². The Morgan fingerprint density at radius 3 is 2.25 bits per heavy atom. The van der Waals surface area contributed by atoms with E-state index < -0.39 is 9.84 Å². The lowest BCUT2D eigenvalue weighted by Gasteiger charge is -2.16. The van der Waals surface area contributed by atoms with Gasteiger partial charge in [-0.3, -0.25) is 4.99 Å². The van der Waals surface area contributed by atoms with Crippen LogP contribution in [0.5, 0.6) is 0 Å². The van der Waals surface area contributed by atoms with Crippen molar-refractivity contribution in [1.29, 1.82) is 0 Å². The summed E-state index contributed by atoms with van der Waals surface area (Å²) in [7, 11) is -1.52. The number of aliphatic imine (C=N–C) groups is 1. The highest BCUT2D eigenvalue weighted by molar-refractivity contribution is 14.0. The number of rotatable bonds is 9. The van der Waals surface area contributed by atoms with Crippen LogP contribution < -0.4 is 10.6 Å². The normalized spacial score (nSPS) is 12.7. The Morgan fingerprint density at radius 1 is 1.04 bits per heavy atom. The van der Waals surface area contributed by atoms with E-state index in [2.05, 4.69) is 34.7 Å². The SMILES string of the molecule is CN=C(NCCCS(=O)(=O)c1ccccc1)NCC(C)Sc1ccccc1.I. The highest BCUT2D eigenvalue weighted by Gasteiger charge is 2.13. The molecule has 1 atom stereocenters. The predicted molar refractivity (Wildman–Crippen MR) is 130 cm³/mol. The molecule has 0 spiro atoms. The van der Waals surface area contributed by atoms with Gasteiger partial charge in [0.2, 0.25) is 0 Å². The van der Waals surface area contributed by atoms with Gasteiger partial charge in [-0.2, -0.15) is 0 Å². The number of thioether (sulfide) groups is 1. The van der Waals surface area contributed by atoms with Crippen LogP contribution >= 0.6 is 35.7 Å². The molecule has 2 aromatic rings. The number of hydrogen-bond acceptors (Lipinski definition) is 4. The van der Waals surface area contributed by atoms with Crippen LogP contribution in [0.2, 0.25) is 0 Å². The summed E-state index contributed by atoms with van der Waals surface area (Å²) in [6.07, 6.45) is 0.520. The van der Waals surface area contributed by atoms with Crippen molar-refractivity contribution in [3.8, 4) is 0 Å². The molecule has 0 heterocycles. The second-order valence-corrected chi connectivity index (χ2v) is 9.73. The van der Waals surface area contributed by atoms with Gasteiger partial charge in [-0.25, -0.2) is 8.42 Å². The van der Waals surface area contributed by atoms with Crippen molar-refractivity contribution in [1.82, 2.24) is 10.6 Å². The fraction of sp³-hybridized carbons (Fsp3) is 0.350. The first-order chi connectivity index (χ1) is 13.0. The van der Waals surface area contributed by atoms with Gasteiger partial charge in [-0.05, 0) is 30.7 Å². The first kappa shape index (κ1) is 24.8. The van der Waals surface area contributed by atoms with E-state index in [0.29, 0.717) is 29.1 Å². The molecule has 0 saturated heterocycles. The average Bonchev–Trinajstić information content (AvgIpc) is 2.69. The summed E-state index contributed by atoms with van der Waals surface area (Å²) in [5.74, 6) is 0.800. The van der Waals surface area contributed by atoms with E-state index in [9.17, 15) is 8.42 Å². The lowest BCUT2D eigenvalue weighted by Crippen LogP contribution is -2.40. The lowest BCUT2D eigenvalue weighted by atomic mass is 10.4. The Labute approximate surface area is 189 Å². The van der Waals surface area contributed by atoms with E-state index in [1.807, 2.05) is 24.3 Å². The van der Waals surface area contributed by atoms with Gasteiger partial charge in [0, 0.05) is 30.3 Å². The van der Waals surface area contributed by atoms with E-state index in [1.54, 1.807) is 43.1 Å². The predicted octanol–water partition coefficient (Wildman–Crippen LogP) is 3.81. The molecule has 0 radical (unpaired) electrons. The molecular weight excluding hydrogens is 505 g/mol. The second kappa shape index (κ2) is 13.1. The number of halogens is 1. The highest BCUT2D eigenvalue weighted by Crippen LogP contribution is 2.21. The van der Waals surface area contributed by atoms with Gasteiger partial charge in [0.25, 0.3) is 0 Å². The molecule has 2 aromatic carbocycles. The van der Waals surface area contributed by atoms with Crippen LogP contribution in [0.4, 0.5) is 0 Å². The first-order valence-electron chi connectivity index (χ1n) is 8.95. The van der Waals surface area contributed by atoms with Crippen LogP contribution in [0.3, 0.4) is 0 Å². The molecule has 0 aliphatic heterocycles. The Balaban J connectivity index is 0.00000392. The summed E-state index contributed by atoms with van der Waals surface area (Å²) >= 11 is 1.80. The zero-order valence-electron chi connectivity index (χ0n) is 16.2. The van der Waals surface area contributed by atoms with Crippen LogP contribution in [0, 0.1) is 0 Å². The minimum atomic E-state index is -3.23. The number of nitrogens with zero attached hydrogens (tertiary/aromatic N) is 1. The average molecular weight is 534 g/mol. The molecular formula is C20H28IN3O2S2. The van der Waals surface area contributed by atoms with Crippen LogP contribution in [0.1, 0.15) is 13.3 Å². The number of sulfone groups is 1. The van der Waals surface area contributed by atoms with Crippen molar-refractivity contribution < 1.29 is 8.42 Å². The lowest BCUT2D eigenvalue weighted by molar-refractivity contribution is 0.592. The molecule has 8 heteroatoms. The van der Waals surface area contributed by atoms with E-state index in [0.717, 1.165) is 6.54 Å². The third-order valence-electron chi connectivity index (χ3n) is 3.85. The van der Waals surface area contributed by atoms with Gasteiger partial charge < -0.3 is 10.6 Å². The van der Waals surface area contributed by atoms with Crippen molar-refractivity contribution >= 4 is 51.5 Å². The van der Waals surface area contributed by atoms with Crippen LogP contribution in [-0.4, -0.2) is 45.5 Å². The molecule has 1 unspecified atom stereocenters. The van der Waals surface area contributed by atoms with Crippen molar-refractivity contribution in [2.45, 2.75) is 28.4 Å². The van der Waals surface area contributed by atoms with Gasteiger partial charge in [-0.15, -0.1) is 35.7 Å². The molecule has 0 aliphatic rings. The summed E-state index contributed by atoms with van der Waals surface area (Å²) in [5.41, 5.74) is 0. The Bertz CT molecular complexity index is 816. The van der Waals surface area contributed by atoms with Gasteiger partial charge >= 0.3 is 0 Å². The summed E-state index contributed by atoms with van der Waals surface area (Å²) in [6, 6.07) is 18.8. The molecule has 0 amide bonds. The highest BCUT2D eigenvalue weighted by atomic mass is 127. The molecule has 28 heavy (non-hydrogen) atoms. The summed E-state index contributed by atoms with van der Waals surface area (Å²) < 4.78 is 24.5. The molecule has 154 valence electrons. The topological polar surface area (TPSA) is 70.6 Å². The minimum Gasteiger partial charge on any atom is -0.356 e. The molecule has 2 N–H and O–H groups in total. The molecule has 5 nitrogen and oxygen atoms in total. The standard InChI is InChI=1S/C20H27N3O2S2.HI/c1-17(26-18-10-5-3-6-11-18)16-23-20(21-2)22-14-9-15-27(24,25)19-12-7-4-8-13-19;/h3-8,10-13,17H,9,14-16H2,1-2H3,(H2,21,22,23);1H. The molecule has 0 fully saturated rings. The van der Waals surface area contributed by atoms with Gasteiger partial charge in [-0.1, -0.05) is 43.3 Å². The number of hydrogen-bond donors (Lipinski definition) is 2.